The van der Waals surface area contributed by atoms with Crippen molar-refractivity contribution in [2.24, 2.45) is 0 Å². The highest BCUT2D eigenvalue weighted by molar-refractivity contribution is 6.32. The zero-order chi connectivity index (χ0) is 20.4. The number of methoxy groups -OCH3 is 2. The number of hydrogen-bond donors (Lipinski definition) is 2. The first-order valence-corrected chi connectivity index (χ1v) is 9.31. The molecule has 0 aliphatic carbocycles. The molecule has 4 aromatic rings. The maximum absolute atomic E-state index is 12.4. The first-order chi connectivity index (χ1) is 14.1. The zero-order valence-electron chi connectivity index (χ0n) is 15.9. The molecule has 0 spiro atoms. The van der Waals surface area contributed by atoms with Crippen LogP contribution in [0.4, 0.5) is 5.69 Å². The van der Waals surface area contributed by atoms with Crippen LogP contribution in [0, 0.1) is 0 Å². The summed E-state index contributed by atoms with van der Waals surface area (Å²) >= 11 is 6.09. The zero-order valence-corrected chi connectivity index (χ0v) is 16.7. The Morgan fingerprint density at radius 1 is 0.966 bits per heavy atom. The van der Waals surface area contributed by atoms with Crippen molar-refractivity contribution in [2.75, 3.05) is 26.1 Å². The van der Waals surface area contributed by atoms with Crippen LogP contribution in [0.25, 0.3) is 21.8 Å². The van der Waals surface area contributed by atoms with Crippen LogP contribution in [-0.4, -0.2) is 31.7 Å². The molecular formula is C22H19ClN2O4. The summed E-state index contributed by atoms with van der Waals surface area (Å²) in [5, 5.41) is 5.41. The number of anilines is 1. The Morgan fingerprint density at radius 2 is 1.72 bits per heavy atom. The summed E-state index contributed by atoms with van der Waals surface area (Å²) in [7, 11) is 3.00. The van der Waals surface area contributed by atoms with Crippen molar-refractivity contribution in [3.63, 3.8) is 0 Å². The normalized spacial score (nSPS) is 10.9. The lowest BCUT2D eigenvalue weighted by molar-refractivity contribution is -0.118. The molecule has 148 valence electrons. The summed E-state index contributed by atoms with van der Waals surface area (Å²) in [6.07, 6.45) is 0. The van der Waals surface area contributed by atoms with E-state index in [0.29, 0.717) is 28.0 Å². The molecule has 4 rings (SSSR count). The van der Waals surface area contributed by atoms with Gasteiger partial charge in [-0.05, 0) is 18.2 Å². The van der Waals surface area contributed by atoms with Gasteiger partial charge in [-0.15, -0.1) is 0 Å². The van der Waals surface area contributed by atoms with Crippen molar-refractivity contribution in [3.8, 4) is 17.2 Å². The minimum atomic E-state index is -0.329. The van der Waals surface area contributed by atoms with Crippen LogP contribution in [-0.2, 0) is 4.79 Å². The van der Waals surface area contributed by atoms with Crippen LogP contribution in [0.15, 0.2) is 54.6 Å². The van der Waals surface area contributed by atoms with E-state index < -0.39 is 0 Å². The number of benzene rings is 3. The van der Waals surface area contributed by atoms with E-state index in [2.05, 4.69) is 16.4 Å². The van der Waals surface area contributed by atoms with Crippen molar-refractivity contribution >= 4 is 45.0 Å². The standard InChI is InChI=1S/C22H19ClN2O4/c1-27-20-11-19(21(28-2)10-16(20)23)25-22(26)12-29-13-7-8-15-14-5-3-4-6-17(14)24-18(15)9-13/h3-11,24H,12H2,1-2H3,(H,25,26). The maximum atomic E-state index is 12.4. The van der Waals surface area contributed by atoms with Gasteiger partial charge >= 0.3 is 0 Å². The number of aromatic amines is 1. The molecule has 7 heteroatoms. The Hall–Kier alpha value is -3.38. The second kappa shape index (κ2) is 7.93. The van der Waals surface area contributed by atoms with Gasteiger partial charge in [0.1, 0.15) is 17.2 Å². The Labute approximate surface area is 172 Å². The molecule has 0 fully saturated rings. The second-order valence-electron chi connectivity index (χ2n) is 6.40. The highest BCUT2D eigenvalue weighted by Crippen LogP contribution is 2.36. The molecule has 0 unspecified atom stereocenters. The van der Waals surface area contributed by atoms with Crippen LogP contribution in [0.5, 0.6) is 17.2 Å². The number of carbonyl (C=O) groups excluding carboxylic acids is 1. The van der Waals surface area contributed by atoms with Crippen LogP contribution in [0.2, 0.25) is 5.02 Å². The second-order valence-corrected chi connectivity index (χ2v) is 6.81. The Bertz CT molecular complexity index is 1200. The van der Waals surface area contributed by atoms with Crippen molar-refractivity contribution in [2.45, 2.75) is 0 Å². The molecule has 0 aliphatic heterocycles. The van der Waals surface area contributed by atoms with Gasteiger partial charge in [-0.2, -0.15) is 0 Å². The highest BCUT2D eigenvalue weighted by Gasteiger charge is 2.13. The first kappa shape index (κ1) is 19.0. The predicted octanol–water partition coefficient (Wildman–Crippen LogP) is 5.01. The van der Waals surface area contributed by atoms with E-state index in [9.17, 15) is 4.79 Å². The highest BCUT2D eigenvalue weighted by atomic mass is 35.5. The van der Waals surface area contributed by atoms with Crippen LogP contribution < -0.4 is 19.5 Å². The number of fused-ring (bicyclic) bond motifs is 3. The molecule has 1 heterocycles. The van der Waals surface area contributed by atoms with Crippen molar-refractivity contribution < 1.29 is 19.0 Å². The molecule has 0 atom stereocenters. The van der Waals surface area contributed by atoms with Gasteiger partial charge in [0, 0.05) is 34.5 Å². The number of hydrogen-bond acceptors (Lipinski definition) is 4. The van der Waals surface area contributed by atoms with Gasteiger partial charge in [0.15, 0.2) is 6.61 Å². The molecule has 2 N–H and O–H groups in total. The number of carbonyl (C=O) groups is 1. The number of amides is 1. The molecule has 1 amide bonds. The van der Waals surface area contributed by atoms with Gasteiger partial charge < -0.3 is 24.5 Å². The maximum Gasteiger partial charge on any atom is 0.262 e. The lowest BCUT2D eigenvalue weighted by Crippen LogP contribution is -2.20. The molecule has 0 aliphatic rings. The predicted molar refractivity (Wildman–Crippen MR) is 114 cm³/mol. The topological polar surface area (TPSA) is 72.6 Å². The average Bonchev–Trinajstić information content (AvgIpc) is 3.11. The first-order valence-electron chi connectivity index (χ1n) is 8.93. The van der Waals surface area contributed by atoms with E-state index in [4.69, 9.17) is 25.8 Å². The smallest absolute Gasteiger partial charge is 0.262 e. The monoisotopic (exact) mass is 410 g/mol. The summed E-state index contributed by atoms with van der Waals surface area (Å²) in [4.78, 5) is 15.7. The third-order valence-electron chi connectivity index (χ3n) is 4.60. The summed E-state index contributed by atoms with van der Waals surface area (Å²) < 4.78 is 16.1. The molecular weight excluding hydrogens is 392 g/mol. The van der Waals surface area contributed by atoms with Gasteiger partial charge in [-0.25, -0.2) is 0 Å². The molecule has 0 bridgehead atoms. The molecule has 6 nitrogen and oxygen atoms in total. The number of ether oxygens (including phenoxy) is 3. The van der Waals surface area contributed by atoms with Gasteiger partial charge in [0.25, 0.3) is 5.91 Å². The van der Waals surface area contributed by atoms with Crippen LogP contribution >= 0.6 is 11.6 Å². The number of H-pyrrole nitrogens is 1. The Balaban J connectivity index is 1.48. The summed E-state index contributed by atoms with van der Waals surface area (Å²) in [5.74, 6) is 1.14. The lowest BCUT2D eigenvalue weighted by Gasteiger charge is -2.13. The summed E-state index contributed by atoms with van der Waals surface area (Å²) in [5.41, 5.74) is 2.46. The third kappa shape index (κ3) is 3.79. The van der Waals surface area contributed by atoms with Crippen LogP contribution in [0.3, 0.4) is 0 Å². The fourth-order valence-electron chi connectivity index (χ4n) is 3.22. The fraction of sp³-hybridized carbons (Fsp3) is 0.136. The lowest BCUT2D eigenvalue weighted by atomic mass is 10.1. The summed E-state index contributed by atoms with van der Waals surface area (Å²) in [6.45, 7) is -0.153. The number of aromatic nitrogens is 1. The quantitative estimate of drug-likeness (QED) is 0.468. The summed E-state index contributed by atoms with van der Waals surface area (Å²) in [6, 6.07) is 17.0. The third-order valence-corrected chi connectivity index (χ3v) is 4.89. The molecule has 0 radical (unpaired) electrons. The fourth-order valence-corrected chi connectivity index (χ4v) is 3.45. The number of rotatable bonds is 6. The minimum absolute atomic E-state index is 0.153. The minimum Gasteiger partial charge on any atom is -0.495 e. The van der Waals surface area contributed by atoms with E-state index in [1.54, 1.807) is 12.1 Å². The number of halogens is 1. The van der Waals surface area contributed by atoms with Gasteiger partial charge in [0.2, 0.25) is 0 Å². The van der Waals surface area contributed by atoms with Crippen molar-refractivity contribution in [3.05, 3.63) is 59.6 Å². The Kier molecular flexibility index (Phi) is 5.18. The van der Waals surface area contributed by atoms with E-state index >= 15 is 0 Å². The molecule has 1 aromatic heterocycles. The van der Waals surface area contributed by atoms with Gasteiger partial charge in [-0.1, -0.05) is 29.8 Å². The molecule has 0 saturated heterocycles. The SMILES string of the molecule is COc1cc(NC(=O)COc2ccc3c(c2)[nH]c2ccccc23)c(OC)cc1Cl. The van der Waals surface area contributed by atoms with Crippen molar-refractivity contribution in [1.82, 2.24) is 4.98 Å². The van der Waals surface area contributed by atoms with Gasteiger partial charge in [-0.3, -0.25) is 4.79 Å². The van der Waals surface area contributed by atoms with E-state index in [1.165, 1.54) is 14.2 Å². The largest absolute Gasteiger partial charge is 0.495 e. The molecule has 3 aromatic carbocycles. The number of nitrogens with one attached hydrogen (secondary N) is 2. The van der Waals surface area contributed by atoms with Crippen LogP contribution in [0.1, 0.15) is 0 Å². The van der Waals surface area contributed by atoms with Crippen molar-refractivity contribution in [1.29, 1.82) is 0 Å². The Morgan fingerprint density at radius 3 is 2.52 bits per heavy atom. The van der Waals surface area contributed by atoms with E-state index in [1.807, 2.05) is 36.4 Å². The van der Waals surface area contributed by atoms with Gasteiger partial charge in [0.05, 0.1) is 30.4 Å². The van der Waals surface area contributed by atoms with E-state index in [0.717, 1.165) is 21.8 Å². The number of para-hydroxylation sites is 1. The molecule has 29 heavy (non-hydrogen) atoms. The molecule has 0 saturated carbocycles. The average molecular weight is 411 g/mol. The van der Waals surface area contributed by atoms with E-state index in [-0.39, 0.29) is 12.5 Å².